The van der Waals surface area contributed by atoms with Gasteiger partial charge in [0.1, 0.15) is 7.28 Å². The van der Waals surface area contributed by atoms with Crippen molar-refractivity contribution in [3.8, 4) is 0 Å². The molecule has 0 saturated carbocycles. The molecule has 2 aromatic rings. The van der Waals surface area contributed by atoms with Crippen LogP contribution in [0.5, 0.6) is 0 Å². The summed E-state index contributed by atoms with van der Waals surface area (Å²) < 4.78 is 0. The Kier molecular flexibility index (Phi) is 3.46. The lowest BCUT2D eigenvalue weighted by Gasteiger charge is -2.26. The van der Waals surface area contributed by atoms with Gasteiger partial charge in [0, 0.05) is 18.0 Å². The summed E-state index contributed by atoms with van der Waals surface area (Å²) >= 11 is 0. The third kappa shape index (κ3) is 2.29. The molecular weight excluding hydrogens is 247 g/mol. The number of rotatable bonds is 2. The minimum absolute atomic E-state index is 0.00241. The van der Waals surface area contributed by atoms with Crippen molar-refractivity contribution in [2.24, 2.45) is 0 Å². The number of fused-ring (bicyclic) bond motifs is 1. The number of nitrogens with zero attached hydrogens (tertiary/aromatic N) is 1. The molecule has 1 atom stereocenters. The Morgan fingerprint density at radius 1 is 1.10 bits per heavy atom. The van der Waals surface area contributed by atoms with Crippen LogP contribution in [-0.4, -0.2) is 19.7 Å². The predicted octanol–water partition coefficient (Wildman–Crippen LogP) is 3.05. The quantitative estimate of drug-likeness (QED) is 0.845. The maximum atomic E-state index is 12.2. The number of amides is 1. The van der Waals surface area contributed by atoms with Crippen molar-refractivity contribution in [2.75, 3.05) is 16.8 Å². The van der Waals surface area contributed by atoms with Crippen LogP contribution in [0, 0.1) is 0 Å². The summed E-state index contributed by atoms with van der Waals surface area (Å²) in [6.45, 7) is 2.77. The lowest BCUT2D eigenvalue weighted by atomic mass is 9.66. The summed E-state index contributed by atoms with van der Waals surface area (Å²) in [4.78, 5) is 14.5. The zero-order valence-electron chi connectivity index (χ0n) is 11.5. The molecular formula is C16H17BN2O. The number of carbonyl (C=O) groups is 1. The molecule has 1 unspecified atom stereocenters. The number of hydrogen-bond acceptors (Lipinski definition) is 2. The van der Waals surface area contributed by atoms with Crippen molar-refractivity contribution in [2.45, 2.75) is 12.6 Å². The topological polar surface area (TPSA) is 32.3 Å². The standard InChI is InChI=1S/C16H17BN2O/c1-17-13-11-19(12-7-3-2-4-8-12)15-10-6-5-9-14(15)18-16(13)20/h2-10,13,17H,11H2,1H3,(H,18,20). The first kappa shape index (κ1) is 12.8. The van der Waals surface area contributed by atoms with Gasteiger partial charge in [-0.05, 0) is 24.3 Å². The Morgan fingerprint density at radius 2 is 1.80 bits per heavy atom. The van der Waals surface area contributed by atoms with Gasteiger partial charge >= 0.3 is 0 Å². The third-order valence-corrected chi connectivity index (χ3v) is 3.79. The van der Waals surface area contributed by atoms with Crippen molar-refractivity contribution in [3.05, 3.63) is 54.6 Å². The number of carbonyl (C=O) groups excluding carboxylic acids is 1. The van der Waals surface area contributed by atoms with E-state index >= 15 is 0 Å². The highest BCUT2D eigenvalue weighted by Crippen LogP contribution is 2.36. The fourth-order valence-electron chi connectivity index (χ4n) is 2.62. The minimum Gasteiger partial charge on any atom is -0.340 e. The second-order valence-electron chi connectivity index (χ2n) is 5.06. The molecule has 0 aromatic heterocycles. The highest BCUT2D eigenvalue weighted by Gasteiger charge is 2.27. The maximum Gasteiger partial charge on any atom is 0.221 e. The molecule has 0 bridgehead atoms. The van der Waals surface area contributed by atoms with E-state index in [0.717, 1.165) is 24.3 Å². The molecule has 0 aliphatic carbocycles. The number of hydrogen-bond donors (Lipinski definition) is 1. The molecule has 0 fully saturated rings. The van der Waals surface area contributed by atoms with Crippen molar-refractivity contribution >= 4 is 30.2 Å². The Balaban J connectivity index is 2.09. The van der Waals surface area contributed by atoms with E-state index in [1.165, 1.54) is 0 Å². The Hall–Kier alpha value is -2.23. The van der Waals surface area contributed by atoms with Gasteiger partial charge in [0.15, 0.2) is 0 Å². The highest BCUT2D eigenvalue weighted by atomic mass is 16.1. The summed E-state index contributed by atoms with van der Waals surface area (Å²) in [5.41, 5.74) is 3.07. The molecule has 0 saturated heterocycles. The van der Waals surface area contributed by atoms with Gasteiger partial charge in [-0.15, -0.1) is 0 Å². The second kappa shape index (κ2) is 5.41. The van der Waals surface area contributed by atoms with Crippen LogP contribution in [0.15, 0.2) is 54.6 Å². The van der Waals surface area contributed by atoms with Crippen molar-refractivity contribution < 1.29 is 4.79 Å². The van der Waals surface area contributed by atoms with E-state index in [4.69, 9.17) is 0 Å². The molecule has 1 aliphatic rings. The first-order valence-corrected chi connectivity index (χ1v) is 7.02. The Bertz CT molecular complexity index is 615. The highest BCUT2D eigenvalue weighted by molar-refractivity contribution is 6.44. The average Bonchev–Trinajstić information content (AvgIpc) is 2.64. The van der Waals surface area contributed by atoms with Gasteiger partial charge in [-0.3, -0.25) is 4.79 Å². The van der Waals surface area contributed by atoms with E-state index in [2.05, 4.69) is 35.2 Å². The molecule has 0 radical (unpaired) electrons. The van der Waals surface area contributed by atoms with Crippen LogP contribution in [0.1, 0.15) is 0 Å². The molecule has 1 aliphatic heterocycles. The van der Waals surface area contributed by atoms with Crippen molar-refractivity contribution in [1.82, 2.24) is 0 Å². The summed E-state index contributed by atoms with van der Waals surface area (Å²) in [5, 5.41) is 3.04. The van der Waals surface area contributed by atoms with Gasteiger partial charge in [0.05, 0.1) is 11.4 Å². The molecule has 20 heavy (non-hydrogen) atoms. The molecule has 3 rings (SSSR count). The van der Waals surface area contributed by atoms with Crippen LogP contribution in [0.3, 0.4) is 0 Å². The fraction of sp³-hybridized carbons (Fsp3) is 0.188. The summed E-state index contributed by atoms with van der Waals surface area (Å²) in [6, 6.07) is 18.2. The van der Waals surface area contributed by atoms with Crippen molar-refractivity contribution in [1.29, 1.82) is 0 Å². The monoisotopic (exact) mass is 264 g/mol. The van der Waals surface area contributed by atoms with Gasteiger partial charge < -0.3 is 10.2 Å². The predicted molar refractivity (Wildman–Crippen MR) is 85.3 cm³/mol. The zero-order valence-corrected chi connectivity index (χ0v) is 11.5. The molecule has 4 heteroatoms. The van der Waals surface area contributed by atoms with E-state index in [1.54, 1.807) is 0 Å². The van der Waals surface area contributed by atoms with E-state index in [0.29, 0.717) is 6.54 Å². The SMILES string of the molecule is CBC1CN(c2ccccc2)c2ccccc2NC1=O. The molecule has 1 amide bonds. The Labute approximate surface area is 119 Å². The van der Waals surface area contributed by atoms with Crippen LogP contribution in [0.2, 0.25) is 12.6 Å². The fourth-order valence-corrected chi connectivity index (χ4v) is 2.62. The van der Waals surface area contributed by atoms with Gasteiger partial charge in [-0.1, -0.05) is 37.2 Å². The van der Waals surface area contributed by atoms with E-state index in [-0.39, 0.29) is 11.7 Å². The summed E-state index contributed by atoms with van der Waals surface area (Å²) in [7, 11) is 0.836. The number of benzene rings is 2. The first-order valence-electron chi connectivity index (χ1n) is 7.02. The van der Waals surface area contributed by atoms with E-state index < -0.39 is 0 Å². The largest absolute Gasteiger partial charge is 0.340 e. The number of anilines is 3. The van der Waals surface area contributed by atoms with E-state index in [9.17, 15) is 4.79 Å². The first-order chi connectivity index (χ1) is 9.79. The third-order valence-electron chi connectivity index (χ3n) is 3.79. The molecule has 100 valence electrons. The zero-order chi connectivity index (χ0) is 13.9. The molecule has 1 N–H and O–H groups in total. The van der Waals surface area contributed by atoms with Crippen LogP contribution >= 0.6 is 0 Å². The van der Waals surface area contributed by atoms with Gasteiger partial charge in [-0.25, -0.2) is 0 Å². The van der Waals surface area contributed by atoms with E-state index in [1.807, 2.05) is 36.4 Å². The summed E-state index contributed by atoms with van der Waals surface area (Å²) in [6.07, 6.45) is 0. The Morgan fingerprint density at radius 3 is 2.55 bits per heavy atom. The van der Waals surface area contributed by atoms with Crippen LogP contribution < -0.4 is 10.2 Å². The molecule has 3 nitrogen and oxygen atoms in total. The molecule has 1 heterocycles. The van der Waals surface area contributed by atoms with Crippen molar-refractivity contribution in [3.63, 3.8) is 0 Å². The smallest absolute Gasteiger partial charge is 0.221 e. The summed E-state index contributed by atoms with van der Waals surface area (Å²) in [5.74, 6) is 0.112. The van der Waals surface area contributed by atoms with Crippen LogP contribution in [0.25, 0.3) is 0 Å². The minimum atomic E-state index is 0.00241. The van der Waals surface area contributed by atoms with Gasteiger partial charge in [0.2, 0.25) is 5.91 Å². The van der Waals surface area contributed by atoms with Crippen LogP contribution in [-0.2, 0) is 4.79 Å². The van der Waals surface area contributed by atoms with Gasteiger partial charge in [0.25, 0.3) is 0 Å². The number of para-hydroxylation sites is 3. The van der Waals surface area contributed by atoms with Crippen LogP contribution in [0.4, 0.5) is 17.1 Å². The normalized spacial score (nSPS) is 17.9. The molecule has 2 aromatic carbocycles. The second-order valence-corrected chi connectivity index (χ2v) is 5.06. The average molecular weight is 264 g/mol. The maximum absolute atomic E-state index is 12.2. The molecule has 0 spiro atoms. The lowest BCUT2D eigenvalue weighted by molar-refractivity contribution is -0.115. The van der Waals surface area contributed by atoms with Gasteiger partial charge in [-0.2, -0.15) is 0 Å². The lowest BCUT2D eigenvalue weighted by Crippen LogP contribution is -2.28. The number of nitrogens with one attached hydrogen (secondary N) is 1.